The monoisotopic (exact) mass is 374 g/mol. The molecule has 140 valence electrons. The Morgan fingerprint density at radius 1 is 1.32 bits per heavy atom. The largest absolute Gasteiger partial charge is 0.506 e. The Morgan fingerprint density at radius 3 is 2.52 bits per heavy atom. The van der Waals surface area contributed by atoms with Gasteiger partial charge in [-0.15, -0.1) is 0 Å². The van der Waals surface area contributed by atoms with E-state index in [1.807, 2.05) is 0 Å². The second-order valence-electron chi connectivity index (χ2n) is 5.52. The molecule has 1 saturated heterocycles. The molecule has 0 saturated carbocycles. The van der Waals surface area contributed by atoms with Crippen molar-refractivity contribution < 1.29 is 24.1 Å². The van der Waals surface area contributed by atoms with Crippen LogP contribution in [0.1, 0.15) is 6.92 Å². The molecule has 1 atom stereocenters. The van der Waals surface area contributed by atoms with E-state index >= 15 is 0 Å². The van der Waals surface area contributed by atoms with Crippen LogP contribution in [0.3, 0.4) is 0 Å². The van der Waals surface area contributed by atoms with Gasteiger partial charge in [0.05, 0.1) is 17.3 Å². The molecule has 1 fully saturated rings. The van der Waals surface area contributed by atoms with Crippen LogP contribution in [0.4, 0.5) is 5.69 Å². The number of ether oxygens (including phenoxy) is 3. The van der Waals surface area contributed by atoms with Crippen molar-refractivity contribution in [1.82, 2.24) is 16.0 Å². The Bertz CT molecular complexity index is 641. The van der Waals surface area contributed by atoms with Crippen LogP contribution in [0.15, 0.2) is 12.1 Å². The fourth-order valence-electron chi connectivity index (χ4n) is 2.33. The van der Waals surface area contributed by atoms with Crippen LogP contribution in [0.25, 0.3) is 0 Å². The average Bonchev–Trinajstić information content (AvgIpc) is 2.97. The van der Waals surface area contributed by atoms with Crippen molar-refractivity contribution in [3.8, 4) is 11.5 Å². The normalized spacial score (nSPS) is 22.0. The van der Waals surface area contributed by atoms with Crippen LogP contribution in [-0.2, 0) is 14.3 Å². The molecular formula is C15H23ClN4O5. The number of aromatic hydroxyl groups is 1. The second kappa shape index (κ2) is 7.73. The minimum absolute atomic E-state index is 0.0439. The Balaban J connectivity index is 2.19. The van der Waals surface area contributed by atoms with E-state index in [4.69, 9.17) is 25.8 Å². The summed E-state index contributed by atoms with van der Waals surface area (Å²) < 4.78 is 17.3. The lowest BCUT2D eigenvalue weighted by molar-refractivity contribution is -0.231. The summed E-state index contributed by atoms with van der Waals surface area (Å²) in [5, 5.41) is 21.4. The third-order valence-electron chi connectivity index (χ3n) is 3.78. The number of benzene rings is 1. The molecule has 0 spiro atoms. The molecule has 0 bridgehead atoms. The number of likely N-dealkylation sites (N-methyl/N-ethyl adjacent to an activating group) is 1. The Morgan fingerprint density at radius 2 is 2.00 bits per heavy atom. The maximum absolute atomic E-state index is 11.4. The molecule has 1 unspecified atom stereocenters. The molecule has 1 aromatic rings. The van der Waals surface area contributed by atoms with Gasteiger partial charge in [0.2, 0.25) is 5.91 Å². The number of phenolic OH excluding ortho intramolecular Hbond substituents is 1. The lowest BCUT2D eigenvalue weighted by Gasteiger charge is -2.31. The number of halogens is 1. The summed E-state index contributed by atoms with van der Waals surface area (Å²) in [5.74, 6) is -0.200. The molecule has 0 radical (unpaired) electrons. The molecule has 0 aliphatic carbocycles. The van der Waals surface area contributed by atoms with Gasteiger partial charge < -0.3 is 19.9 Å². The van der Waals surface area contributed by atoms with Crippen molar-refractivity contribution in [2.75, 3.05) is 39.7 Å². The number of hydrogen-bond acceptors (Lipinski definition) is 8. The van der Waals surface area contributed by atoms with Crippen molar-refractivity contribution in [1.29, 1.82) is 0 Å². The Hall–Kier alpha value is -1.62. The van der Waals surface area contributed by atoms with Crippen molar-refractivity contribution >= 4 is 23.2 Å². The molecule has 10 heteroatoms. The minimum Gasteiger partial charge on any atom is -0.506 e. The van der Waals surface area contributed by atoms with E-state index in [-0.39, 0.29) is 35.6 Å². The molecule has 9 nitrogen and oxygen atoms in total. The standard InChI is InChI=1S/C15H23ClN4O5/c1-9(21)20-11-5-10(16)12(22)6-13(11)23-7-14(17-2)8-24-15(18-3,19-4)25-14/h5-6,17-19,22H,7-8H2,1-4H3,(H,20,21). The highest BCUT2D eigenvalue weighted by atomic mass is 35.5. The Kier molecular flexibility index (Phi) is 6.09. The van der Waals surface area contributed by atoms with Gasteiger partial charge in [-0.25, -0.2) is 0 Å². The molecule has 25 heavy (non-hydrogen) atoms. The summed E-state index contributed by atoms with van der Waals surface area (Å²) in [6, 6.07) is 1.60. The second-order valence-corrected chi connectivity index (χ2v) is 5.93. The fourth-order valence-corrected chi connectivity index (χ4v) is 2.50. The SMILES string of the molecule is CNC1(COc2cc(O)c(Cl)cc2NC(C)=O)COC(NC)(NC)O1. The zero-order valence-corrected chi connectivity index (χ0v) is 15.3. The van der Waals surface area contributed by atoms with Gasteiger partial charge in [0.15, 0.2) is 5.72 Å². The minimum atomic E-state index is -1.14. The van der Waals surface area contributed by atoms with Crippen LogP contribution >= 0.6 is 11.6 Å². The van der Waals surface area contributed by atoms with Crippen molar-refractivity contribution in [3.63, 3.8) is 0 Å². The summed E-state index contributed by atoms with van der Waals surface area (Å²) >= 11 is 5.90. The fraction of sp³-hybridized carbons (Fsp3) is 0.533. The first-order valence-electron chi connectivity index (χ1n) is 7.62. The van der Waals surface area contributed by atoms with Crippen LogP contribution in [0.2, 0.25) is 5.02 Å². The summed E-state index contributed by atoms with van der Waals surface area (Å²) in [6.07, 6.45) is 0. The van der Waals surface area contributed by atoms with E-state index in [9.17, 15) is 9.90 Å². The van der Waals surface area contributed by atoms with Gasteiger partial charge in [0.1, 0.15) is 18.1 Å². The maximum atomic E-state index is 11.4. The van der Waals surface area contributed by atoms with E-state index in [1.54, 1.807) is 21.1 Å². The number of anilines is 1. The van der Waals surface area contributed by atoms with Crippen LogP contribution in [0.5, 0.6) is 11.5 Å². The summed E-state index contributed by atoms with van der Waals surface area (Å²) in [6.45, 7) is 1.60. The summed E-state index contributed by atoms with van der Waals surface area (Å²) in [4.78, 5) is 11.4. The third kappa shape index (κ3) is 4.32. The van der Waals surface area contributed by atoms with Gasteiger partial charge in [0, 0.05) is 13.0 Å². The molecule has 2 rings (SSSR count). The topological polar surface area (TPSA) is 113 Å². The first kappa shape index (κ1) is 19.7. The predicted octanol–water partition coefficient (Wildman–Crippen LogP) is 0.395. The van der Waals surface area contributed by atoms with Gasteiger partial charge in [-0.2, -0.15) is 0 Å². The van der Waals surface area contributed by atoms with Gasteiger partial charge in [0.25, 0.3) is 6.03 Å². The molecule has 5 N–H and O–H groups in total. The highest BCUT2D eigenvalue weighted by Gasteiger charge is 2.49. The lowest BCUT2D eigenvalue weighted by atomic mass is 10.2. The molecule has 1 aliphatic rings. The number of phenols is 1. The first-order valence-corrected chi connectivity index (χ1v) is 8.00. The van der Waals surface area contributed by atoms with Gasteiger partial charge >= 0.3 is 0 Å². The quantitative estimate of drug-likeness (QED) is 0.344. The van der Waals surface area contributed by atoms with Crippen LogP contribution in [0, 0.1) is 0 Å². The number of carbonyl (C=O) groups is 1. The smallest absolute Gasteiger partial charge is 0.293 e. The maximum Gasteiger partial charge on any atom is 0.293 e. The zero-order chi connectivity index (χ0) is 18.7. The number of carbonyl (C=O) groups excluding carboxylic acids is 1. The highest BCUT2D eigenvalue weighted by molar-refractivity contribution is 6.32. The first-order chi connectivity index (χ1) is 11.8. The predicted molar refractivity (Wildman–Crippen MR) is 92.6 cm³/mol. The highest BCUT2D eigenvalue weighted by Crippen LogP contribution is 2.36. The molecular weight excluding hydrogens is 352 g/mol. The number of rotatable bonds is 7. The van der Waals surface area contributed by atoms with E-state index in [1.165, 1.54) is 19.1 Å². The third-order valence-corrected chi connectivity index (χ3v) is 4.08. The summed E-state index contributed by atoms with van der Waals surface area (Å²) in [7, 11) is 5.09. The molecule has 1 aromatic carbocycles. The van der Waals surface area contributed by atoms with Crippen molar-refractivity contribution in [3.05, 3.63) is 17.2 Å². The molecule has 1 heterocycles. The van der Waals surface area contributed by atoms with Gasteiger partial charge in [-0.3, -0.25) is 25.5 Å². The van der Waals surface area contributed by atoms with Gasteiger partial charge in [-0.1, -0.05) is 11.6 Å². The van der Waals surface area contributed by atoms with E-state index in [2.05, 4.69) is 21.3 Å². The number of amides is 1. The molecule has 1 amide bonds. The van der Waals surface area contributed by atoms with Crippen molar-refractivity contribution in [2.45, 2.75) is 18.7 Å². The average molecular weight is 375 g/mol. The Labute approximate surface area is 151 Å². The van der Waals surface area contributed by atoms with E-state index in [0.29, 0.717) is 5.69 Å². The zero-order valence-electron chi connectivity index (χ0n) is 14.5. The van der Waals surface area contributed by atoms with Crippen molar-refractivity contribution in [2.24, 2.45) is 0 Å². The molecule has 1 aliphatic heterocycles. The van der Waals surface area contributed by atoms with Gasteiger partial charge in [-0.05, 0) is 27.2 Å². The number of hydrogen-bond donors (Lipinski definition) is 5. The number of nitrogens with one attached hydrogen (secondary N) is 4. The van der Waals surface area contributed by atoms with E-state index < -0.39 is 11.8 Å². The summed E-state index contributed by atoms with van der Waals surface area (Å²) in [5.41, 5.74) is -0.608. The van der Waals surface area contributed by atoms with E-state index in [0.717, 1.165) is 0 Å². The molecule has 0 aromatic heterocycles. The van der Waals surface area contributed by atoms with Crippen LogP contribution < -0.4 is 26.0 Å². The lowest BCUT2D eigenvalue weighted by Crippen LogP contribution is -2.59. The van der Waals surface area contributed by atoms with Crippen LogP contribution in [-0.4, -0.2) is 57.1 Å².